The third-order valence-corrected chi connectivity index (χ3v) is 6.35. The summed E-state index contributed by atoms with van der Waals surface area (Å²) in [7, 11) is 0. The van der Waals surface area contributed by atoms with E-state index in [2.05, 4.69) is 23.5 Å². The Kier molecular flexibility index (Phi) is 7.67. The molecule has 0 saturated carbocycles. The number of pyridine rings is 1. The molecule has 0 radical (unpaired) electrons. The molecule has 0 atom stereocenters. The fourth-order valence-corrected chi connectivity index (χ4v) is 4.42. The van der Waals surface area contributed by atoms with Crippen molar-refractivity contribution >= 4 is 23.3 Å². The first-order valence-corrected chi connectivity index (χ1v) is 13.2. The van der Waals surface area contributed by atoms with Crippen LogP contribution in [0.4, 0.5) is 0 Å². The molecular weight excluding hydrogens is 444 g/mol. The second-order valence-electron chi connectivity index (χ2n) is 8.44. The van der Waals surface area contributed by atoms with Crippen molar-refractivity contribution < 1.29 is 4.79 Å². The van der Waals surface area contributed by atoms with Gasteiger partial charge in [0.2, 0.25) is 0 Å². The number of fused-ring (bicyclic) bond motifs is 1. The Morgan fingerprint density at radius 2 is 1.88 bits per heavy atom. The monoisotopic (exact) mass is 476 g/mol. The average Bonchev–Trinajstić information content (AvgIpc) is 3.42. The van der Waals surface area contributed by atoms with Gasteiger partial charge in [0.25, 0.3) is 5.91 Å². The first-order chi connectivity index (χ1) is 16.5. The molecule has 1 amide bonds. The maximum Gasteiger partial charge on any atom is 0.270 e. The van der Waals surface area contributed by atoms with Gasteiger partial charge in [-0.2, -0.15) is 16.9 Å². The van der Waals surface area contributed by atoms with Gasteiger partial charge in [-0.25, -0.2) is 14.6 Å². The minimum atomic E-state index is -0.114. The number of unbranched alkanes of at least 4 members (excludes halogenated alkanes) is 1. The van der Waals surface area contributed by atoms with Crippen molar-refractivity contribution in [3.8, 4) is 11.4 Å². The molecule has 7 nitrogen and oxygen atoms in total. The number of amides is 1. The van der Waals surface area contributed by atoms with Gasteiger partial charge in [-0.05, 0) is 43.2 Å². The Labute approximate surface area is 205 Å². The van der Waals surface area contributed by atoms with Crippen LogP contribution in [0.3, 0.4) is 0 Å². The van der Waals surface area contributed by atoms with Gasteiger partial charge in [0, 0.05) is 24.8 Å². The molecule has 0 unspecified atom stereocenters. The Morgan fingerprint density at radius 3 is 2.59 bits per heavy atom. The summed E-state index contributed by atoms with van der Waals surface area (Å²) in [6, 6.07) is 12.1. The van der Waals surface area contributed by atoms with E-state index in [0.29, 0.717) is 18.7 Å². The van der Waals surface area contributed by atoms with Gasteiger partial charge >= 0.3 is 0 Å². The topological polar surface area (TPSA) is 77.1 Å². The summed E-state index contributed by atoms with van der Waals surface area (Å²) < 4.78 is 3.92. The van der Waals surface area contributed by atoms with Crippen molar-refractivity contribution in [3.63, 3.8) is 0 Å². The molecule has 0 saturated heterocycles. The number of hydrogen-bond acceptors (Lipinski definition) is 5. The van der Waals surface area contributed by atoms with Crippen LogP contribution in [-0.4, -0.2) is 36.3 Å². The summed E-state index contributed by atoms with van der Waals surface area (Å²) in [5.41, 5.74) is 5.31. The van der Waals surface area contributed by atoms with Crippen LogP contribution in [0.2, 0.25) is 0 Å². The van der Waals surface area contributed by atoms with Crippen molar-refractivity contribution in [3.05, 3.63) is 70.9 Å². The number of carbonyl (C=O) groups is 1. The van der Waals surface area contributed by atoms with E-state index in [-0.39, 0.29) is 5.91 Å². The highest BCUT2D eigenvalue weighted by atomic mass is 32.2. The zero-order chi connectivity index (χ0) is 24.1. The third kappa shape index (κ3) is 5.17. The van der Waals surface area contributed by atoms with Gasteiger partial charge in [-0.15, -0.1) is 0 Å². The maximum absolute atomic E-state index is 13.1. The fraction of sp³-hybridized carbons (Fsp3) is 0.385. The Balaban J connectivity index is 1.47. The normalized spacial score (nSPS) is 11.3. The van der Waals surface area contributed by atoms with E-state index >= 15 is 0 Å². The van der Waals surface area contributed by atoms with Crippen LogP contribution in [0, 0.1) is 6.92 Å². The van der Waals surface area contributed by atoms with Crippen molar-refractivity contribution in [2.45, 2.75) is 58.9 Å². The summed E-state index contributed by atoms with van der Waals surface area (Å²) in [5, 5.41) is 7.80. The largest absolute Gasteiger partial charge is 0.347 e. The lowest BCUT2D eigenvalue weighted by atomic mass is 10.1. The minimum absolute atomic E-state index is 0.114. The summed E-state index contributed by atoms with van der Waals surface area (Å²) in [6.45, 7) is 7.55. The molecule has 1 N–H and O–H groups in total. The molecule has 3 aromatic heterocycles. The van der Waals surface area contributed by atoms with E-state index in [0.717, 1.165) is 64.8 Å². The van der Waals surface area contributed by atoms with Crippen LogP contribution in [-0.2, 0) is 25.3 Å². The van der Waals surface area contributed by atoms with Gasteiger partial charge in [0.1, 0.15) is 17.2 Å². The highest BCUT2D eigenvalue weighted by Crippen LogP contribution is 2.20. The van der Waals surface area contributed by atoms with E-state index in [1.165, 1.54) is 0 Å². The minimum Gasteiger partial charge on any atom is -0.347 e. The predicted molar refractivity (Wildman–Crippen MR) is 138 cm³/mol. The molecule has 34 heavy (non-hydrogen) atoms. The molecule has 1 aromatic carbocycles. The zero-order valence-corrected chi connectivity index (χ0v) is 21.2. The van der Waals surface area contributed by atoms with E-state index in [1.54, 1.807) is 11.8 Å². The zero-order valence-electron chi connectivity index (χ0n) is 20.3. The standard InChI is InChI=1S/C26H32N6OS/c1-5-7-14-32-23(17-34-4)29-25(30-32)20-11-9-19(10-12-20)15-27-26(33)24-21(6-2)28-22-13-8-18(3)16-31(22)24/h8-13,16H,5-7,14-15,17H2,1-4H3,(H,27,33). The van der Waals surface area contributed by atoms with E-state index in [9.17, 15) is 4.79 Å². The Bertz CT molecular complexity index is 1270. The van der Waals surface area contributed by atoms with Crippen molar-refractivity contribution in [1.29, 1.82) is 0 Å². The van der Waals surface area contributed by atoms with Gasteiger partial charge in [-0.1, -0.05) is 50.6 Å². The molecule has 0 aliphatic carbocycles. The summed E-state index contributed by atoms with van der Waals surface area (Å²) in [6.07, 6.45) is 6.97. The SMILES string of the molecule is CCCCn1nc(-c2ccc(CNC(=O)c3c(CC)nc4ccc(C)cn34)cc2)nc1CSC. The fourth-order valence-electron chi connectivity index (χ4n) is 3.94. The highest BCUT2D eigenvalue weighted by Gasteiger charge is 2.18. The number of thioether (sulfide) groups is 1. The molecule has 0 aliphatic rings. The van der Waals surface area contributed by atoms with Gasteiger partial charge in [0.05, 0.1) is 11.4 Å². The predicted octanol–water partition coefficient (Wildman–Crippen LogP) is 5.06. The van der Waals surface area contributed by atoms with Crippen LogP contribution < -0.4 is 5.32 Å². The summed E-state index contributed by atoms with van der Waals surface area (Å²) in [4.78, 5) is 22.5. The number of nitrogens with zero attached hydrogens (tertiary/aromatic N) is 5. The quantitative estimate of drug-likeness (QED) is 0.346. The maximum atomic E-state index is 13.1. The lowest BCUT2D eigenvalue weighted by molar-refractivity contribution is 0.0944. The number of imidazole rings is 1. The molecular formula is C26H32N6OS. The second kappa shape index (κ2) is 10.9. The van der Waals surface area contributed by atoms with E-state index in [1.807, 2.05) is 65.5 Å². The smallest absolute Gasteiger partial charge is 0.270 e. The molecule has 0 bridgehead atoms. The summed E-state index contributed by atoms with van der Waals surface area (Å²) in [5.74, 6) is 2.51. The van der Waals surface area contributed by atoms with E-state index in [4.69, 9.17) is 10.1 Å². The Morgan fingerprint density at radius 1 is 1.09 bits per heavy atom. The number of aromatic nitrogens is 5. The molecule has 0 spiro atoms. The second-order valence-corrected chi connectivity index (χ2v) is 9.30. The average molecular weight is 477 g/mol. The first kappa shape index (κ1) is 24.0. The number of benzene rings is 1. The van der Waals surface area contributed by atoms with Crippen LogP contribution in [0.1, 0.15) is 59.8 Å². The third-order valence-electron chi connectivity index (χ3n) is 5.80. The van der Waals surface area contributed by atoms with Gasteiger partial charge < -0.3 is 5.32 Å². The molecule has 4 aromatic rings. The Hall–Kier alpha value is -3.13. The number of aryl methyl sites for hydroxylation is 3. The number of hydrogen-bond donors (Lipinski definition) is 1. The molecule has 3 heterocycles. The molecule has 0 aliphatic heterocycles. The lowest BCUT2D eigenvalue weighted by Crippen LogP contribution is -2.25. The van der Waals surface area contributed by atoms with Crippen molar-refractivity contribution in [2.24, 2.45) is 0 Å². The van der Waals surface area contributed by atoms with Gasteiger partial charge in [-0.3, -0.25) is 9.20 Å². The number of nitrogens with one attached hydrogen (secondary N) is 1. The molecule has 8 heteroatoms. The van der Waals surface area contributed by atoms with Crippen LogP contribution in [0.5, 0.6) is 0 Å². The van der Waals surface area contributed by atoms with Crippen molar-refractivity contribution in [2.75, 3.05) is 6.26 Å². The first-order valence-electron chi connectivity index (χ1n) is 11.8. The number of carbonyl (C=O) groups excluding carboxylic acids is 1. The van der Waals surface area contributed by atoms with Crippen LogP contribution >= 0.6 is 11.8 Å². The van der Waals surface area contributed by atoms with E-state index < -0.39 is 0 Å². The highest BCUT2D eigenvalue weighted by molar-refractivity contribution is 7.97. The van der Waals surface area contributed by atoms with Crippen LogP contribution in [0.25, 0.3) is 17.0 Å². The molecule has 0 fully saturated rings. The molecule has 178 valence electrons. The molecule has 4 rings (SSSR count). The summed E-state index contributed by atoms with van der Waals surface area (Å²) >= 11 is 1.76. The van der Waals surface area contributed by atoms with Crippen molar-refractivity contribution in [1.82, 2.24) is 29.5 Å². The van der Waals surface area contributed by atoms with Crippen LogP contribution in [0.15, 0.2) is 42.6 Å². The lowest BCUT2D eigenvalue weighted by Gasteiger charge is -2.08. The number of rotatable bonds is 10. The van der Waals surface area contributed by atoms with Gasteiger partial charge in [0.15, 0.2) is 5.82 Å².